The number of hydrogen-bond donors (Lipinski definition) is 2. The molecule has 0 bridgehead atoms. The van der Waals surface area contributed by atoms with Crippen LogP contribution < -0.4 is 11.1 Å². The maximum absolute atomic E-state index is 13.4. The molecule has 0 saturated carbocycles. The van der Waals surface area contributed by atoms with Crippen molar-refractivity contribution in [2.45, 2.75) is 19.9 Å². The molecule has 8 heteroatoms. The molecule has 2 aromatic rings. The van der Waals surface area contributed by atoms with Crippen LogP contribution in [-0.2, 0) is 0 Å². The summed E-state index contributed by atoms with van der Waals surface area (Å²) in [5, 5.41) is 6.18. The quantitative estimate of drug-likeness (QED) is 0.896. The van der Waals surface area contributed by atoms with Gasteiger partial charge in [-0.25, -0.2) is 9.18 Å². The van der Waals surface area contributed by atoms with E-state index in [2.05, 4.69) is 31.4 Å². The van der Waals surface area contributed by atoms with Crippen molar-refractivity contribution in [1.29, 1.82) is 0 Å². The summed E-state index contributed by atoms with van der Waals surface area (Å²) in [6.45, 7) is 3.46. The van der Waals surface area contributed by atoms with Crippen LogP contribution in [0.4, 0.5) is 9.18 Å². The van der Waals surface area contributed by atoms with Gasteiger partial charge in [-0.2, -0.15) is 4.98 Å². The average Bonchev–Trinajstić information content (AvgIpc) is 2.82. The summed E-state index contributed by atoms with van der Waals surface area (Å²) in [5.41, 5.74) is 6.28. The lowest BCUT2D eigenvalue weighted by molar-refractivity contribution is 0.245. The Bertz CT molecular complexity index is 659. The molecule has 0 aliphatic carbocycles. The van der Waals surface area contributed by atoms with Crippen LogP contribution in [0.5, 0.6) is 0 Å². The highest BCUT2D eigenvalue weighted by Gasteiger charge is 2.18. The van der Waals surface area contributed by atoms with E-state index in [4.69, 9.17) is 10.3 Å². The van der Waals surface area contributed by atoms with Gasteiger partial charge in [-0.1, -0.05) is 21.1 Å². The van der Waals surface area contributed by atoms with Crippen molar-refractivity contribution in [3.63, 3.8) is 0 Å². The zero-order chi connectivity index (χ0) is 14.9. The number of rotatable bonds is 3. The molecule has 20 heavy (non-hydrogen) atoms. The molecule has 0 radical (unpaired) electrons. The number of hydrogen-bond acceptors (Lipinski definition) is 4. The highest BCUT2D eigenvalue weighted by molar-refractivity contribution is 9.10. The lowest BCUT2D eigenvalue weighted by atomic mass is 10.1. The van der Waals surface area contributed by atoms with Crippen LogP contribution in [0.3, 0.4) is 0 Å². The monoisotopic (exact) mass is 342 g/mol. The number of benzene rings is 1. The van der Waals surface area contributed by atoms with Gasteiger partial charge in [0.15, 0.2) is 5.82 Å². The van der Waals surface area contributed by atoms with Gasteiger partial charge in [-0.15, -0.1) is 0 Å². The number of halogens is 2. The zero-order valence-electron chi connectivity index (χ0n) is 10.8. The van der Waals surface area contributed by atoms with E-state index in [9.17, 15) is 9.18 Å². The van der Waals surface area contributed by atoms with E-state index in [0.717, 1.165) is 5.56 Å². The molecule has 0 aliphatic rings. The van der Waals surface area contributed by atoms with E-state index in [-0.39, 0.29) is 11.7 Å². The van der Waals surface area contributed by atoms with Crippen molar-refractivity contribution >= 4 is 22.0 Å². The Labute approximate surface area is 122 Å². The molecule has 1 heterocycles. The average molecular weight is 343 g/mol. The van der Waals surface area contributed by atoms with Gasteiger partial charge in [-0.3, -0.25) is 0 Å². The van der Waals surface area contributed by atoms with Gasteiger partial charge in [0.2, 0.25) is 0 Å². The number of nitrogens with one attached hydrogen (secondary N) is 1. The number of carbonyl (C=O) groups excluding carboxylic acids is 1. The molecule has 106 valence electrons. The van der Waals surface area contributed by atoms with Crippen LogP contribution in [0.1, 0.15) is 24.4 Å². The smallest absolute Gasteiger partial charge is 0.312 e. The van der Waals surface area contributed by atoms with Crippen LogP contribution in [-0.4, -0.2) is 16.2 Å². The SMILES string of the molecule is Cc1c(Br)cc(F)cc1-c1nc(C(C)NC(N)=O)no1. The molecule has 0 aliphatic heterocycles. The Balaban J connectivity index is 2.36. The Hall–Kier alpha value is -1.96. The molecule has 3 N–H and O–H groups in total. The Morgan fingerprint density at radius 1 is 1.55 bits per heavy atom. The van der Waals surface area contributed by atoms with Crippen molar-refractivity contribution < 1.29 is 13.7 Å². The van der Waals surface area contributed by atoms with E-state index >= 15 is 0 Å². The number of amides is 2. The first kappa shape index (κ1) is 14.4. The maximum atomic E-state index is 13.4. The summed E-state index contributed by atoms with van der Waals surface area (Å²) in [6.07, 6.45) is 0. The van der Waals surface area contributed by atoms with E-state index in [1.807, 2.05) is 0 Å². The molecule has 0 fully saturated rings. The van der Waals surface area contributed by atoms with Crippen LogP contribution in [0, 0.1) is 12.7 Å². The first-order valence-electron chi connectivity index (χ1n) is 5.74. The molecule has 2 amide bonds. The number of carbonyl (C=O) groups is 1. The summed E-state index contributed by atoms with van der Waals surface area (Å²) in [4.78, 5) is 14.9. The highest BCUT2D eigenvalue weighted by Crippen LogP contribution is 2.29. The van der Waals surface area contributed by atoms with Crippen molar-refractivity contribution in [2.24, 2.45) is 5.73 Å². The number of nitrogens with two attached hydrogens (primary N) is 1. The van der Waals surface area contributed by atoms with Gasteiger partial charge in [0, 0.05) is 10.0 Å². The van der Waals surface area contributed by atoms with Gasteiger partial charge in [0.05, 0.1) is 6.04 Å². The van der Waals surface area contributed by atoms with Gasteiger partial charge in [-0.05, 0) is 31.5 Å². The summed E-state index contributed by atoms with van der Waals surface area (Å²) < 4.78 is 19.1. The normalized spacial score (nSPS) is 12.2. The Kier molecular flexibility index (Phi) is 4.03. The third-order valence-electron chi connectivity index (χ3n) is 2.73. The first-order valence-corrected chi connectivity index (χ1v) is 6.53. The van der Waals surface area contributed by atoms with Crippen LogP contribution in [0.15, 0.2) is 21.1 Å². The fraction of sp³-hybridized carbons (Fsp3) is 0.250. The topological polar surface area (TPSA) is 94.0 Å². The molecule has 6 nitrogen and oxygen atoms in total. The van der Waals surface area contributed by atoms with E-state index in [1.165, 1.54) is 12.1 Å². The molecule has 1 atom stereocenters. The Morgan fingerprint density at radius 2 is 2.25 bits per heavy atom. The minimum Gasteiger partial charge on any atom is -0.352 e. The van der Waals surface area contributed by atoms with Gasteiger partial charge in [0.1, 0.15) is 5.82 Å². The van der Waals surface area contributed by atoms with Crippen molar-refractivity contribution in [2.75, 3.05) is 0 Å². The van der Waals surface area contributed by atoms with Crippen LogP contribution in [0.2, 0.25) is 0 Å². The fourth-order valence-corrected chi connectivity index (χ4v) is 2.10. The van der Waals surface area contributed by atoms with Crippen molar-refractivity contribution in [1.82, 2.24) is 15.5 Å². The number of primary amides is 1. The number of nitrogens with zero attached hydrogens (tertiary/aromatic N) is 2. The summed E-state index contributed by atoms with van der Waals surface area (Å²) >= 11 is 3.26. The number of aromatic nitrogens is 2. The summed E-state index contributed by atoms with van der Waals surface area (Å²) in [5.74, 6) is 0.0231. The van der Waals surface area contributed by atoms with Crippen molar-refractivity contribution in [3.8, 4) is 11.5 Å². The van der Waals surface area contributed by atoms with E-state index in [1.54, 1.807) is 13.8 Å². The van der Waals surface area contributed by atoms with Crippen molar-refractivity contribution in [3.05, 3.63) is 33.8 Å². The molecule has 0 spiro atoms. The third-order valence-corrected chi connectivity index (χ3v) is 3.55. The molecule has 1 aromatic heterocycles. The molecule has 0 saturated heterocycles. The molecule has 1 unspecified atom stereocenters. The minimum atomic E-state index is -0.687. The number of urea groups is 1. The second-order valence-corrected chi connectivity index (χ2v) is 5.10. The van der Waals surface area contributed by atoms with Crippen LogP contribution >= 0.6 is 15.9 Å². The van der Waals surface area contributed by atoms with Gasteiger partial charge < -0.3 is 15.6 Å². The minimum absolute atomic E-state index is 0.177. The Morgan fingerprint density at radius 3 is 2.90 bits per heavy atom. The lowest BCUT2D eigenvalue weighted by Gasteiger charge is -2.06. The molecular formula is C12H12BrFN4O2. The third kappa shape index (κ3) is 2.96. The predicted molar refractivity (Wildman–Crippen MR) is 73.3 cm³/mol. The highest BCUT2D eigenvalue weighted by atomic mass is 79.9. The van der Waals surface area contributed by atoms with Crippen LogP contribution in [0.25, 0.3) is 11.5 Å². The lowest BCUT2D eigenvalue weighted by Crippen LogP contribution is -2.32. The summed E-state index contributed by atoms with van der Waals surface area (Å²) in [7, 11) is 0. The second kappa shape index (κ2) is 5.58. The fourth-order valence-electron chi connectivity index (χ4n) is 1.67. The summed E-state index contributed by atoms with van der Waals surface area (Å²) in [6, 6.07) is 1.48. The largest absolute Gasteiger partial charge is 0.352 e. The van der Waals surface area contributed by atoms with Gasteiger partial charge in [0.25, 0.3) is 5.89 Å². The molecule has 2 rings (SSSR count). The maximum Gasteiger partial charge on any atom is 0.312 e. The van der Waals surface area contributed by atoms with E-state index in [0.29, 0.717) is 10.0 Å². The standard InChI is InChI=1S/C12H12BrFN4O2/c1-5-8(3-7(14)4-9(5)13)11-17-10(18-20-11)6(2)16-12(15)19/h3-4,6H,1-2H3,(H3,15,16,19). The van der Waals surface area contributed by atoms with E-state index < -0.39 is 17.9 Å². The predicted octanol–water partition coefficient (Wildman–Crippen LogP) is 2.68. The zero-order valence-corrected chi connectivity index (χ0v) is 12.4. The molecular weight excluding hydrogens is 331 g/mol. The molecule has 1 aromatic carbocycles. The van der Waals surface area contributed by atoms with Gasteiger partial charge >= 0.3 is 6.03 Å². The first-order chi connectivity index (χ1) is 9.38. The second-order valence-electron chi connectivity index (χ2n) is 4.25.